The number of nitrogens with zero attached hydrogens (tertiary/aromatic N) is 1. The molecule has 0 aromatic rings. The number of aliphatic imine (C=N–C) groups is 1. The fourth-order valence-corrected chi connectivity index (χ4v) is 1.87. The second kappa shape index (κ2) is 3.46. The van der Waals surface area contributed by atoms with Crippen molar-refractivity contribution < 1.29 is 14.3 Å². The highest BCUT2D eigenvalue weighted by Gasteiger charge is 2.31. The molecule has 0 radical (unpaired) electrons. The van der Waals surface area contributed by atoms with Gasteiger partial charge in [0.15, 0.2) is 0 Å². The fraction of sp³-hybridized carbons (Fsp3) is 0.500. The highest BCUT2D eigenvalue weighted by molar-refractivity contribution is 6.05. The summed E-state index contributed by atoms with van der Waals surface area (Å²) in [6.07, 6.45) is 2.80. The van der Waals surface area contributed by atoms with Crippen LogP contribution < -0.4 is 0 Å². The molecule has 0 fully saturated rings. The smallest absolute Gasteiger partial charge is 0.260 e. The Bertz CT molecular complexity index is 343. The Morgan fingerprint density at radius 3 is 3.14 bits per heavy atom. The molecule has 2 aliphatic heterocycles. The SMILES string of the molecule is CC1OCCC2=C1C=NC(=O)C2C=O. The maximum atomic E-state index is 11.3. The average Bonchev–Trinajstić information content (AvgIpc) is 2.18. The molecule has 2 heterocycles. The summed E-state index contributed by atoms with van der Waals surface area (Å²) in [6.45, 7) is 2.48. The van der Waals surface area contributed by atoms with E-state index in [-0.39, 0.29) is 12.0 Å². The maximum Gasteiger partial charge on any atom is 0.260 e. The van der Waals surface area contributed by atoms with Gasteiger partial charge >= 0.3 is 0 Å². The Morgan fingerprint density at radius 1 is 1.64 bits per heavy atom. The van der Waals surface area contributed by atoms with E-state index in [9.17, 15) is 9.59 Å². The Balaban J connectivity index is 2.42. The van der Waals surface area contributed by atoms with Gasteiger partial charge in [0.05, 0.1) is 12.7 Å². The maximum absolute atomic E-state index is 11.3. The number of amides is 1. The summed E-state index contributed by atoms with van der Waals surface area (Å²) in [6, 6.07) is 0. The molecule has 4 heteroatoms. The predicted molar refractivity (Wildman–Crippen MR) is 50.1 cm³/mol. The molecule has 2 aliphatic rings. The minimum atomic E-state index is -0.665. The van der Waals surface area contributed by atoms with Crippen LogP contribution >= 0.6 is 0 Å². The van der Waals surface area contributed by atoms with Crippen molar-refractivity contribution in [1.82, 2.24) is 0 Å². The third-order valence-corrected chi connectivity index (χ3v) is 2.66. The van der Waals surface area contributed by atoms with E-state index >= 15 is 0 Å². The van der Waals surface area contributed by atoms with Crippen molar-refractivity contribution in [1.29, 1.82) is 0 Å². The molecule has 0 bridgehead atoms. The van der Waals surface area contributed by atoms with Gasteiger partial charge in [0.1, 0.15) is 12.2 Å². The molecule has 0 saturated carbocycles. The number of carbonyl (C=O) groups is 2. The van der Waals surface area contributed by atoms with Crippen LogP contribution in [0.3, 0.4) is 0 Å². The first-order valence-electron chi connectivity index (χ1n) is 4.61. The molecule has 0 aromatic heterocycles. The monoisotopic (exact) mass is 193 g/mol. The molecule has 2 rings (SSSR count). The first-order valence-corrected chi connectivity index (χ1v) is 4.61. The fourth-order valence-electron chi connectivity index (χ4n) is 1.87. The molecule has 0 aromatic carbocycles. The van der Waals surface area contributed by atoms with Crippen molar-refractivity contribution in [3.63, 3.8) is 0 Å². The minimum absolute atomic E-state index is 0.0574. The van der Waals surface area contributed by atoms with Crippen LogP contribution in [-0.4, -0.2) is 31.1 Å². The van der Waals surface area contributed by atoms with Gasteiger partial charge in [0, 0.05) is 6.21 Å². The summed E-state index contributed by atoms with van der Waals surface area (Å²) in [5.41, 5.74) is 1.78. The van der Waals surface area contributed by atoms with E-state index in [1.54, 1.807) is 0 Å². The summed E-state index contributed by atoms with van der Waals surface area (Å²) in [7, 11) is 0. The van der Waals surface area contributed by atoms with E-state index in [0.717, 1.165) is 11.1 Å². The quantitative estimate of drug-likeness (QED) is 0.450. The lowest BCUT2D eigenvalue weighted by Crippen LogP contribution is -2.31. The Kier molecular flexibility index (Phi) is 2.29. The van der Waals surface area contributed by atoms with E-state index in [1.165, 1.54) is 6.21 Å². The highest BCUT2D eigenvalue weighted by Crippen LogP contribution is 2.28. The van der Waals surface area contributed by atoms with E-state index < -0.39 is 5.92 Å². The molecule has 74 valence electrons. The van der Waals surface area contributed by atoms with E-state index in [2.05, 4.69) is 4.99 Å². The summed E-state index contributed by atoms with van der Waals surface area (Å²) >= 11 is 0. The summed E-state index contributed by atoms with van der Waals surface area (Å²) in [5.74, 6) is -1.02. The van der Waals surface area contributed by atoms with Gasteiger partial charge < -0.3 is 9.53 Å². The zero-order valence-corrected chi connectivity index (χ0v) is 7.90. The summed E-state index contributed by atoms with van der Waals surface area (Å²) in [5, 5.41) is 0. The summed E-state index contributed by atoms with van der Waals surface area (Å²) < 4.78 is 5.40. The normalized spacial score (nSPS) is 31.6. The molecule has 1 amide bonds. The highest BCUT2D eigenvalue weighted by atomic mass is 16.5. The number of hydrogen-bond acceptors (Lipinski definition) is 3. The standard InChI is InChI=1S/C10H11NO3/c1-6-8-4-11-10(13)9(5-12)7(8)2-3-14-6/h4-6,9H,2-3H2,1H3. The van der Waals surface area contributed by atoms with Crippen molar-refractivity contribution >= 4 is 18.4 Å². The van der Waals surface area contributed by atoms with Crippen molar-refractivity contribution in [3.05, 3.63) is 11.1 Å². The third-order valence-electron chi connectivity index (χ3n) is 2.66. The van der Waals surface area contributed by atoms with Gasteiger partial charge in [-0.1, -0.05) is 0 Å². The lowest BCUT2D eigenvalue weighted by Gasteiger charge is -2.28. The number of carbonyl (C=O) groups excluding carboxylic acids is 2. The van der Waals surface area contributed by atoms with Gasteiger partial charge in [-0.25, -0.2) is 4.99 Å². The lowest BCUT2D eigenvalue weighted by molar-refractivity contribution is -0.125. The zero-order chi connectivity index (χ0) is 10.1. The molecule has 14 heavy (non-hydrogen) atoms. The largest absolute Gasteiger partial charge is 0.373 e. The van der Waals surface area contributed by atoms with Crippen LogP contribution in [-0.2, 0) is 14.3 Å². The number of ether oxygens (including phenoxy) is 1. The van der Waals surface area contributed by atoms with Crippen LogP contribution in [0.25, 0.3) is 0 Å². The molecule has 0 aliphatic carbocycles. The third kappa shape index (κ3) is 1.32. The molecule has 0 spiro atoms. The molecular formula is C10H11NO3. The van der Waals surface area contributed by atoms with Gasteiger partial charge in [-0.3, -0.25) is 4.79 Å². The van der Waals surface area contributed by atoms with Gasteiger partial charge in [0.25, 0.3) is 5.91 Å². The van der Waals surface area contributed by atoms with E-state index in [4.69, 9.17) is 4.74 Å². The number of dihydropyridines is 1. The number of hydrogen-bond donors (Lipinski definition) is 0. The number of rotatable bonds is 1. The van der Waals surface area contributed by atoms with Crippen molar-refractivity contribution in [2.24, 2.45) is 10.9 Å². The van der Waals surface area contributed by atoms with Crippen molar-refractivity contribution in [2.45, 2.75) is 19.4 Å². The average molecular weight is 193 g/mol. The minimum Gasteiger partial charge on any atom is -0.373 e. The van der Waals surface area contributed by atoms with Crippen LogP contribution in [0, 0.1) is 5.92 Å². The van der Waals surface area contributed by atoms with Gasteiger partial charge in [-0.2, -0.15) is 0 Å². The second-order valence-corrected chi connectivity index (χ2v) is 3.45. The lowest BCUT2D eigenvalue weighted by atomic mass is 9.87. The molecular weight excluding hydrogens is 182 g/mol. The van der Waals surface area contributed by atoms with Crippen LogP contribution in [0.4, 0.5) is 0 Å². The Morgan fingerprint density at radius 2 is 2.43 bits per heavy atom. The van der Waals surface area contributed by atoms with Gasteiger partial charge in [0.2, 0.25) is 0 Å². The predicted octanol–water partition coefficient (Wildman–Crippen LogP) is 0.518. The zero-order valence-electron chi connectivity index (χ0n) is 7.90. The Hall–Kier alpha value is -1.29. The second-order valence-electron chi connectivity index (χ2n) is 3.45. The first-order chi connectivity index (χ1) is 6.74. The molecule has 2 atom stereocenters. The van der Waals surface area contributed by atoms with Crippen LogP contribution in [0.15, 0.2) is 16.1 Å². The van der Waals surface area contributed by atoms with Crippen molar-refractivity contribution in [2.75, 3.05) is 6.61 Å². The van der Waals surface area contributed by atoms with Crippen molar-refractivity contribution in [3.8, 4) is 0 Å². The van der Waals surface area contributed by atoms with Gasteiger partial charge in [-0.15, -0.1) is 0 Å². The van der Waals surface area contributed by atoms with E-state index in [0.29, 0.717) is 19.3 Å². The Labute approximate surface area is 81.7 Å². The molecule has 0 saturated heterocycles. The van der Waals surface area contributed by atoms with Crippen LogP contribution in [0.1, 0.15) is 13.3 Å². The first kappa shape index (κ1) is 9.27. The number of aldehydes is 1. The van der Waals surface area contributed by atoms with E-state index in [1.807, 2.05) is 6.92 Å². The molecule has 4 nitrogen and oxygen atoms in total. The topological polar surface area (TPSA) is 55.7 Å². The molecule has 2 unspecified atom stereocenters. The molecule has 0 N–H and O–H groups in total. The van der Waals surface area contributed by atoms with Gasteiger partial charge in [-0.05, 0) is 24.5 Å². The van der Waals surface area contributed by atoms with Crippen LogP contribution in [0.5, 0.6) is 0 Å². The van der Waals surface area contributed by atoms with Crippen LogP contribution in [0.2, 0.25) is 0 Å². The summed E-state index contributed by atoms with van der Waals surface area (Å²) in [4.78, 5) is 25.7.